The van der Waals surface area contributed by atoms with Crippen molar-refractivity contribution in [3.8, 4) is 0 Å². The number of hydrogen-bond acceptors (Lipinski definition) is 1. The van der Waals surface area contributed by atoms with Gasteiger partial charge in [0.25, 0.3) is 0 Å². The minimum absolute atomic E-state index is 0.895. The Balaban J connectivity index is 1.93. The second-order valence-electron chi connectivity index (χ2n) is 5.04. The van der Waals surface area contributed by atoms with Crippen LogP contribution in [-0.2, 0) is 12.8 Å². The van der Waals surface area contributed by atoms with Crippen molar-refractivity contribution in [2.75, 3.05) is 19.6 Å². The number of benzene rings is 1. The summed E-state index contributed by atoms with van der Waals surface area (Å²) in [4.78, 5) is 2.51. The zero-order valence-corrected chi connectivity index (χ0v) is 10.8. The number of nitrogens with zero attached hydrogens (tertiary/aromatic N) is 1. The highest BCUT2D eigenvalue weighted by molar-refractivity contribution is 5.31. The minimum Gasteiger partial charge on any atom is -0.303 e. The Bertz CT molecular complexity index is 350. The molecule has 1 aliphatic rings. The molecule has 0 aliphatic carbocycles. The molecule has 0 radical (unpaired) electrons. The first kappa shape index (κ1) is 11.7. The number of rotatable bonds is 4. The number of aryl methyl sites for hydroxylation is 2. The Morgan fingerprint density at radius 1 is 1.25 bits per heavy atom. The Kier molecular flexibility index (Phi) is 3.65. The first-order valence-corrected chi connectivity index (χ1v) is 6.53. The molecule has 1 nitrogen and oxygen atoms in total. The smallest absolute Gasteiger partial charge is 0.00251 e. The average Bonchev–Trinajstić information content (AvgIpc) is 2.23. The maximum absolute atomic E-state index is 2.51. The Hall–Kier alpha value is -0.820. The highest BCUT2D eigenvalue weighted by Gasteiger charge is 2.24. The topological polar surface area (TPSA) is 3.24 Å². The van der Waals surface area contributed by atoms with Gasteiger partial charge in [-0.3, -0.25) is 0 Å². The van der Waals surface area contributed by atoms with Crippen molar-refractivity contribution in [3.05, 3.63) is 34.9 Å². The molecule has 1 saturated heterocycles. The third-order valence-electron chi connectivity index (χ3n) is 3.79. The van der Waals surface area contributed by atoms with E-state index in [1.165, 1.54) is 42.7 Å². The van der Waals surface area contributed by atoms with E-state index in [2.05, 4.69) is 43.9 Å². The fourth-order valence-electron chi connectivity index (χ4n) is 2.68. The van der Waals surface area contributed by atoms with E-state index in [1.54, 1.807) is 0 Å². The largest absolute Gasteiger partial charge is 0.303 e. The molecular weight excluding hydrogens is 194 g/mol. The Morgan fingerprint density at radius 2 is 2.00 bits per heavy atom. The van der Waals surface area contributed by atoms with E-state index >= 15 is 0 Å². The molecule has 1 aromatic rings. The van der Waals surface area contributed by atoms with E-state index in [-0.39, 0.29) is 0 Å². The van der Waals surface area contributed by atoms with Crippen LogP contribution in [-0.4, -0.2) is 24.5 Å². The quantitative estimate of drug-likeness (QED) is 0.749. The zero-order chi connectivity index (χ0) is 11.5. The Labute approximate surface area is 99.5 Å². The van der Waals surface area contributed by atoms with E-state index in [0.29, 0.717) is 0 Å². The van der Waals surface area contributed by atoms with E-state index < -0.39 is 0 Å². The van der Waals surface area contributed by atoms with Crippen molar-refractivity contribution in [2.45, 2.75) is 33.6 Å². The van der Waals surface area contributed by atoms with Crippen molar-refractivity contribution >= 4 is 0 Å². The summed E-state index contributed by atoms with van der Waals surface area (Å²) in [6.45, 7) is 10.5. The summed E-state index contributed by atoms with van der Waals surface area (Å²) in [5.74, 6) is 0.895. The third kappa shape index (κ3) is 2.46. The van der Waals surface area contributed by atoms with Crippen molar-refractivity contribution in [1.82, 2.24) is 4.90 Å². The molecule has 0 aromatic heterocycles. The van der Waals surface area contributed by atoms with Crippen molar-refractivity contribution < 1.29 is 0 Å². The summed E-state index contributed by atoms with van der Waals surface area (Å²) in [6.07, 6.45) is 2.42. The van der Waals surface area contributed by atoms with Crippen LogP contribution >= 0.6 is 0 Å². The fourth-order valence-corrected chi connectivity index (χ4v) is 2.68. The van der Waals surface area contributed by atoms with Gasteiger partial charge in [0.05, 0.1) is 0 Å². The van der Waals surface area contributed by atoms with Gasteiger partial charge in [0.2, 0.25) is 0 Å². The van der Waals surface area contributed by atoms with Crippen LogP contribution in [0.1, 0.15) is 30.5 Å². The van der Waals surface area contributed by atoms with E-state index in [0.717, 1.165) is 12.3 Å². The second-order valence-corrected chi connectivity index (χ2v) is 5.04. The third-order valence-corrected chi connectivity index (χ3v) is 3.79. The number of hydrogen-bond donors (Lipinski definition) is 0. The number of likely N-dealkylation sites (tertiary alicyclic amines) is 1. The van der Waals surface area contributed by atoms with Crippen LogP contribution in [0.15, 0.2) is 18.2 Å². The second kappa shape index (κ2) is 5.01. The maximum Gasteiger partial charge on any atom is 0.00251 e. The molecule has 0 bridgehead atoms. The van der Waals surface area contributed by atoms with Crippen molar-refractivity contribution in [1.29, 1.82) is 0 Å². The standard InChI is InChI=1S/C15H23N/c1-4-15-7-6-13(8-12(15)3)9-14-10-16(5-2)11-14/h6-8,14H,4-5,9-11H2,1-3H3. The molecule has 0 spiro atoms. The summed E-state index contributed by atoms with van der Waals surface area (Å²) >= 11 is 0. The van der Waals surface area contributed by atoms with Gasteiger partial charge >= 0.3 is 0 Å². The normalized spacial score (nSPS) is 17.4. The van der Waals surface area contributed by atoms with Crippen LogP contribution in [0.3, 0.4) is 0 Å². The first-order chi connectivity index (χ1) is 7.72. The fraction of sp³-hybridized carbons (Fsp3) is 0.600. The summed E-state index contributed by atoms with van der Waals surface area (Å²) < 4.78 is 0. The Morgan fingerprint density at radius 3 is 2.56 bits per heavy atom. The molecule has 0 amide bonds. The lowest BCUT2D eigenvalue weighted by atomic mass is 9.90. The van der Waals surface area contributed by atoms with E-state index in [9.17, 15) is 0 Å². The van der Waals surface area contributed by atoms with E-state index in [4.69, 9.17) is 0 Å². The summed E-state index contributed by atoms with van der Waals surface area (Å²) in [7, 11) is 0. The van der Waals surface area contributed by atoms with Gasteiger partial charge in [0, 0.05) is 13.1 Å². The van der Waals surface area contributed by atoms with Crippen LogP contribution in [0.25, 0.3) is 0 Å². The van der Waals surface area contributed by atoms with Crippen LogP contribution < -0.4 is 0 Å². The lowest BCUT2D eigenvalue weighted by Crippen LogP contribution is -2.47. The molecule has 0 saturated carbocycles. The van der Waals surface area contributed by atoms with Gasteiger partial charge < -0.3 is 4.90 Å². The van der Waals surface area contributed by atoms with Gasteiger partial charge in [0.1, 0.15) is 0 Å². The molecule has 1 fully saturated rings. The van der Waals surface area contributed by atoms with Gasteiger partial charge in [-0.1, -0.05) is 32.0 Å². The summed E-state index contributed by atoms with van der Waals surface area (Å²) in [6, 6.07) is 7.01. The monoisotopic (exact) mass is 217 g/mol. The van der Waals surface area contributed by atoms with Gasteiger partial charge in [-0.05, 0) is 48.9 Å². The van der Waals surface area contributed by atoms with Crippen LogP contribution in [0.5, 0.6) is 0 Å². The molecule has 1 aromatic carbocycles. The predicted octanol–water partition coefficient (Wildman–Crippen LogP) is 3.05. The molecule has 1 heterocycles. The van der Waals surface area contributed by atoms with Gasteiger partial charge in [0.15, 0.2) is 0 Å². The SMILES string of the molecule is CCc1ccc(CC2CN(CC)C2)cc1C. The van der Waals surface area contributed by atoms with Gasteiger partial charge in [-0.2, -0.15) is 0 Å². The molecule has 0 N–H and O–H groups in total. The molecule has 16 heavy (non-hydrogen) atoms. The molecule has 0 atom stereocenters. The minimum atomic E-state index is 0.895. The zero-order valence-electron chi connectivity index (χ0n) is 10.8. The van der Waals surface area contributed by atoms with Crippen molar-refractivity contribution in [3.63, 3.8) is 0 Å². The van der Waals surface area contributed by atoms with Crippen LogP contribution in [0.4, 0.5) is 0 Å². The van der Waals surface area contributed by atoms with E-state index in [1.807, 2.05) is 0 Å². The molecule has 1 heteroatoms. The average molecular weight is 217 g/mol. The molecule has 2 rings (SSSR count). The highest BCUT2D eigenvalue weighted by Crippen LogP contribution is 2.21. The predicted molar refractivity (Wildman–Crippen MR) is 69.9 cm³/mol. The van der Waals surface area contributed by atoms with Crippen LogP contribution in [0.2, 0.25) is 0 Å². The molecule has 0 unspecified atom stereocenters. The molecule has 1 aliphatic heterocycles. The van der Waals surface area contributed by atoms with Gasteiger partial charge in [-0.25, -0.2) is 0 Å². The maximum atomic E-state index is 2.51. The highest BCUT2D eigenvalue weighted by atomic mass is 15.2. The van der Waals surface area contributed by atoms with Gasteiger partial charge in [-0.15, -0.1) is 0 Å². The lowest BCUT2D eigenvalue weighted by molar-refractivity contribution is 0.108. The summed E-state index contributed by atoms with van der Waals surface area (Å²) in [5, 5.41) is 0. The van der Waals surface area contributed by atoms with Crippen molar-refractivity contribution in [2.24, 2.45) is 5.92 Å². The molecular formula is C15H23N. The lowest BCUT2D eigenvalue weighted by Gasteiger charge is -2.38. The van der Waals surface area contributed by atoms with Crippen LogP contribution in [0, 0.1) is 12.8 Å². The summed E-state index contributed by atoms with van der Waals surface area (Å²) in [5.41, 5.74) is 4.48. The molecule has 88 valence electrons. The first-order valence-electron chi connectivity index (χ1n) is 6.53.